The third-order valence-corrected chi connectivity index (χ3v) is 2.59. The zero-order valence-corrected chi connectivity index (χ0v) is 8.79. The summed E-state index contributed by atoms with van der Waals surface area (Å²) in [7, 11) is 0. The summed E-state index contributed by atoms with van der Waals surface area (Å²) in [4.78, 5) is 0. The third kappa shape index (κ3) is 2.13. The van der Waals surface area contributed by atoms with Crippen molar-refractivity contribution in [2.24, 2.45) is 0 Å². The maximum Gasteiger partial charge on any atom is 0.0895 e. The molecule has 1 aromatic heterocycles. The molecule has 2 rings (SSSR count). The van der Waals surface area contributed by atoms with Gasteiger partial charge in [-0.3, -0.25) is 4.68 Å². The predicted molar refractivity (Wildman–Crippen MR) is 54.3 cm³/mol. The van der Waals surface area contributed by atoms with E-state index < -0.39 is 0 Å². The summed E-state index contributed by atoms with van der Waals surface area (Å²) < 4.78 is 7.58. The van der Waals surface area contributed by atoms with E-state index in [4.69, 9.17) is 4.74 Å². The molecule has 0 spiro atoms. The van der Waals surface area contributed by atoms with Crippen LogP contribution in [0.4, 0.5) is 0 Å². The van der Waals surface area contributed by atoms with E-state index in [1.54, 1.807) is 0 Å². The van der Waals surface area contributed by atoms with E-state index in [0.717, 1.165) is 31.9 Å². The minimum absolute atomic E-state index is 0.266. The highest BCUT2D eigenvalue weighted by Crippen LogP contribution is 2.05. The van der Waals surface area contributed by atoms with E-state index in [9.17, 15) is 0 Å². The Morgan fingerprint density at radius 1 is 1.64 bits per heavy atom. The Kier molecular flexibility index (Phi) is 2.84. The van der Waals surface area contributed by atoms with Gasteiger partial charge in [-0.15, -0.1) is 0 Å². The fraction of sp³-hybridized carbons (Fsp3) is 0.700. The van der Waals surface area contributed by atoms with Gasteiger partial charge in [-0.1, -0.05) is 0 Å². The predicted octanol–water partition coefficient (Wildman–Crippen LogP) is 0.488. The highest BCUT2D eigenvalue weighted by molar-refractivity contribution is 5.12. The van der Waals surface area contributed by atoms with Crippen LogP contribution in [0.1, 0.15) is 11.3 Å². The molecule has 1 N–H and O–H groups in total. The van der Waals surface area contributed by atoms with E-state index in [-0.39, 0.29) is 6.10 Å². The number of hydrogen-bond acceptors (Lipinski definition) is 3. The largest absolute Gasteiger partial charge is 0.374 e. The Hall–Kier alpha value is -0.870. The molecule has 1 aromatic rings. The molecule has 0 aliphatic carbocycles. The van der Waals surface area contributed by atoms with Crippen LogP contribution in [-0.2, 0) is 11.3 Å². The number of hydrogen-bond donors (Lipinski definition) is 1. The first-order valence-electron chi connectivity index (χ1n) is 5.08. The molecule has 78 valence electrons. The zero-order chi connectivity index (χ0) is 9.97. The summed E-state index contributed by atoms with van der Waals surface area (Å²) in [6.45, 7) is 7.67. The minimum Gasteiger partial charge on any atom is -0.374 e. The van der Waals surface area contributed by atoms with E-state index in [1.165, 1.54) is 5.56 Å². The standard InChI is InChI=1S/C10H17N3O/c1-8-6-13(12-9(8)2)7-10-5-11-3-4-14-10/h6,10-11H,3-5,7H2,1-2H3. The lowest BCUT2D eigenvalue weighted by Gasteiger charge is -2.23. The Morgan fingerprint density at radius 2 is 2.50 bits per heavy atom. The molecule has 14 heavy (non-hydrogen) atoms. The van der Waals surface area contributed by atoms with Crippen molar-refractivity contribution in [3.63, 3.8) is 0 Å². The Labute approximate surface area is 84.3 Å². The monoisotopic (exact) mass is 195 g/mol. The molecule has 4 nitrogen and oxygen atoms in total. The van der Waals surface area contributed by atoms with Crippen LogP contribution in [0.25, 0.3) is 0 Å². The fourth-order valence-electron chi connectivity index (χ4n) is 1.66. The quantitative estimate of drug-likeness (QED) is 0.746. The normalized spacial score (nSPS) is 22.6. The van der Waals surface area contributed by atoms with Crippen LogP contribution < -0.4 is 5.32 Å². The number of morpholine rings is 1. The molecule has 0 aromatic carbocycles. The maximum atomic E-state index is 5.61. The number of aryl methyl sites for hydroxylation is 2. The lowest BCUT2D eigenvalue weighted by Crippen LogP contribution is -2.40. The van der Waals surface area contributed by atoms with Crippen molar-refractivity contribution in [1.29, 1.82) is 0 Å². The van der Waals surface area contributed by atoms with Gasteiger partial charge in [0.2, 0.25) is 0 Å². The van der Waals surface area contributed by atoms with Gasteiger partial charge in [0.1, 0.15) is 0 Å². The number of rotatable bonds is 2. The van der Waals surface area contributed by atoms with Gasteiger partial charge in [-0.25, -0.2) is 0 Å². The smallest absolute Gasteiger partial charge is 0.0895 e. The summed E-state index contributed by atoms with van der Waals surface area (Å²) in [5.41, 5.74) is 2.35. The van der Waals surface area contributed by atoms with Crippen molar-refractivity contribution < 1.29 is 4.74 Å². The highest BCUT2D eigenvalue weighted by atomic mass is 16.5. The molecule has 1 unspecified atom stereocenters. The summed E-state index contributed by atoms with van der Waals surface area (Å²) in [6, 6.07) is 0. The first-order chi connectivity index (χ1) is 6.75. The number of aromatic nitrogens is 2. The van der Waals surface area contributed by atoms with Gasteiger partial charge in [0.25, 0.3) is 0 Å². The second kappa shape index (κ2) is 4.11. The molecule has 0 radical (unpaired) electrons. The molecule has 1 atom stereocenters. The molecule has 4 heteroatoms. The third-order valence-electron chi connectivity index (χ3n) is 2.59. The maximum absolute atomic E-state index is 5.61. The molecule has 1 fully saturated rings. The molecule has 1 aliphatic rings. The minimum atomic E-state index is 0.266. The van der Waals surface area contributed by atoms with Gasteiger partial charge in [-0.2, -0.15) is 5.10 Å². The highest BCUT2D eigenvalue weighted by Gasteiger charge is 2.14. The summed E-state index contributed by atoms with van der Waals surface area (Å²) in [5.74, 6) is 0. The summed E-state index contributed by atoms with van der Waals surface area (Å²) in [6.07, 6.45) is 2.34. The van der Waals surface area contributed by atoms with Crippen LogP contribution in [0.5, 0.6) is 0 Å². The first kappa shape index (κ1) is 9.68. The van der Waals surface area contributed by atoms with Crippen LogP contribution in [0.2, 0.25) is 0 Å². The van der Waals surface area contributed by atoms with Gasteiger partial charge in [0.05, 0.1) is 24.9 Å². The van der Waals surface area contributed by atoms with Gasteiger partial charge in [0.15, 0.2) is 0 Å². The summed E-state index contributed by atoms with van der Waals surface area (Å²) in [5, 5.41) is 7.72. The van der Waals surface area contributed by atoms with E-state index in [1.807, 2.05) is 11.6 Å². The van der Waals surface area contributed by atoms with Crippen molar-refractivity contribution in [1.82, 2.24) is 15.1 Å². The Morgan fingerprint density at radius 3 is 3.07 bits per heavy atom. The van der Waals surface area contributed by atoms with Gasteiger partial charge >= 0.3 is 0 Å². The molecule has 2 heterocycles. The second-order valence-corrected chi connectivity index (χ2v) is 3.82. The van der Waals surface area contributed by atoms with Gasteiger partial charge in [0, 0.05) is 19.3 Å². The van der Waals surface area contributed by atoms with Crippen molar-refractivity contribution >= 4 is 0 Å². The molecule has 0 bridgehead atoms. The number of nitrogens with zero attached hydrogens (tertiary/aromatic N) is 2. The van der Waals surface area contributed by atoms with E-state index in [0.29, 0.717) is 0 Å². The van der Waals surface area contributed by atoms with Crippen molar-refractivity contribution in [2.75, 3.05) is 19.7 Å². The van der Waals surface area contributed by atoms with Crippen LogP contribution in [0.15, 0.2) is 6.20 Å². The van der Waals surface area contributed by atoms with E-state index >= 15 is 0 Å². The lowest BCUT2D eigenvalue weighted by atomic mass is 10.3. The molecular weight excluding hydrogens is 178 g/mol. The molecule has 0 saturated carbocycles. The van der Waals surface area contributed by atoms with Crippen LogP contribution >= 0.6 is 0 Å². The first-order valence-corrected chi connectivity index (χ1v) is 5.08. The van der Waals surface area contributed by atoms with Crippen LogP contribution in [-0.4, -0.2) is 35.6 Å². The van der Waals surface area contributed by atoms with Gasteiger partial charge < -0.3 is 10.1 Å². The average molecular weight is 195 g/mol. The molecular formula is C10H17N3O. The SMILES string of the molecule is Cc1cn(CC2CNCCO2)nc1C. The fourth-order valence-corrected chi connectivity index (χ4v) is 1.66. The summed E-state index contributed by atoms with van der Waals surface area (Å²) >= 11 is 0. The van der Waals surface area contributed by atoms with Crippen molar-refractivity contribution in [3.05, 3.63) is 17.5 Å². The number of nitrogens with one attached hydrogen (secondary N) is 1. The van der Waals surface area contributed by atoms with E-state index in [2.05, 4.69) is 23.5 Å². The van der Waals surface area contributed by atoms with Gasteiger partial charge in [-0.05, 0) is 19.4 Å². The Bertz CT molecular complexity index is 283. The number of ether oxygens (including phenoxy) is 1. The molecule has 0 amide bonds. The Balaban J connectivity index is 1.95. The van der Waals surface area contributed by atoms with Crippen LogP contribution in [0, 0.1) is 13.8 Å². The molecule has 1 aliphatic heterocycles. The van der Waals surface area contributed by atoms with Crippen molar-refractivity contribution in [3.8, 4) is 0 Å². The van der Waals surface area contributed by atoms with Crippen molar-refractivity contribution in [2.45, 2.75) is 26.5 Å². The second-order valence-electron chi connectivity index (χ2n) is 3.82. The zero-order valence-electron chi connectivity index (χ0n) is 8.79. The lowest BCUT2D eigenvalue weighted by molar-refractivity contribution is 0.0161. The topological polar surface area (TPSA) is 39.1 Å². The van der Waals surface area contributed by atoms with Crippen LogP contribution in [0.3, 0.4) is 0 Å². The average Bonchev–Trinajstić information content (AvgIpc) is 2.47. The molecule has 1 saturated heterocycles.